The van der Waals surface area contributed by atoms with Crippen LogP contribution in [0.15, 0.2) is 9.79 Å². The quantitative estimate of drug-likeness (QED) is 0.359. The Morgan fingerprint density at radius 2 is 2.20 bits per heavy atom. The topological polar surface area (TPSA) is 98.3 Å². The van der Waals surface area contributed by atoms with Gasteiger partial charge in [-0.15, -0.1) is 4.99 Å². The number of imidazole rings is 1. The lowest BCUT2D eigenvalue weighted by Crippen LogP contribution is -1.99. The maximum absolute atomic E-state index is 10.3. The molecule has 0 aliphatic rings. The fourth-order valence-electron chi connectivity index (χ4n) is 0.491. The lowest BCUT2D eigenvalue weighted by molar-refractivity contribution is 0.457. The molecule has 1 heterocycles. The van der Waals surface area contributed by atoms with Crippen LogP contribution in [-0.2, 0) is 4.79 Å². The standard InChI is InChI=1S/C4H3N3O3/c8-1-5-2-3(9)7-4(10)6-2/h9H,(H2,6,7,10). The van der Waals surface area contributed by atoms with Crippen molar-refractivity contribution >= 4 is 11.9 Å². The number of aromatic amines is 2. The van der Waals surface area contributed by atoms with E-state index in [2.05, 4.69) is 9.98 Å². The minimum atomic E-state index is -0.619. The van der Waals surface area contributed by atoms with Crippen LogP contribution in [0, 0.1) is 0 Å². The molecule has 1 aromatic rings. The van der Waals surface area contributed by atoms with Crippen LogP contribution in [0.25, 0.3) is 0 Å². The highest BCUT2D eigenvalue weighted by Crippen LogP contribution is 2.15. The van der Waals surface area contributed by atoms with Gasteiger partial charge in [0, 0.05) is 0 Å². The summed E-state index contributed by atoms with van der Waals surface area (Å²) in [6, 6.07) is 0. The van der Waals surface area contributed by atoms with Gasteiger partial charge in [-0.05, 0) is 0 Å². The van der Waals surface area contributed by atoms with E-state index in [9.17, 15) is 9.59 Å². The summed E-state index contributed by atoms with van der Waals surface area (Å²) < 4.78 is 0. The summed E-state index contributed by atoms with van der Waals surface area (Å²) >= 11 is 0. The van der Waals surface area contributed by atoms with Crippen LogP contribution in [0.1, 0.15) is 0 Å². The molecule has 0 unspecified atom stereocenters. The van der Waals surface area contributed by atoms with Gasteiger partial charge in [0.1, 0.15) is 0 Å². The van der Waals surface area contributed by atoms with Crippen LogP contribution in [0.5, 0.6) is 5.88 Å². The van der Waals surface area contributed by atoms with Gasteiger partial charge >= 0.3 is 5.69 Å². The lowest BCUT2D eigenvalue weighted by Gasteiger charge is -1.79. The van der Waals surface area contributed by atoms with Crippen molar-refractivity contribution in [1.29, 1.82) is 0 Å². The van der Waals surface area contributed by atoms with Crippen LogP contribution in [0.4, 0.5) is 5.82 Å². The summed E-state index contributed by atoms with van der Waals surface area (Å²) in [6.45, 7) is 0. The molecule has 0 fully saturated rings. The third kappa shape index (κ3) is 0.958. The predicted molar refractivity (Wildman–Crippen MR) is 30.9 cm³/mol. The molecule has 0 saturated heterocycles. The van der Waals surface area contributed by atoms with Gasteiger partial charge in [-0.25, -0.2) is 9.59 Å². The first-order chi connectivity index (χ1) is 4.74. The van der Waals surface area contributed by atoms with Gasteiger partial charge in [-0.3, -0.25) is 9.97 Å². The van der Waals surface area contributed by atoms with Gasteiger partial charge in [0.2, 0.25) is 17.8 Å². The number of carbonyl (C=O) groups excluding carboxylic acids is 1. The molecule has 1 rings (SSSR count). The fraction of sp³-hybridized carbons (Fsp3) is 0. The van der Waals surface area contributed by atoms with E-state index in [4.69, 9.17) is 5.11 Å². The van der Waals surface area contributed by atoms with Gasteiger partial charge < -0.3 is 5.11 Å². The van der Waals surface area contributed by atoms with Crippen LogP contribution in [-0.4, -0.2) is 21.2 Å². The monoisotopic (exact) mass is 141 g/mol. The van der Waals surface area contributed by atoms with E-state index in [0.29, 0.717) is 0 Å². The zero-order valence-electron chi connectivity index (χ0n) is 4.71. The molecule has 0 spiro atoms. The molecule has 52 valence electrons. The highest BCUT2D eigenvalue weighted by Gasteiger charge is 2.01. The second kappa shape index (κ2) is 2.20. The maximum atomic E-state index is 10.3. The number of aromatic hydroxyl groups is 1. The molecule has 0 aromatic carbocycles. The third-order valence-corrected chi connectivity index (χ3v) is 0.846. The highest BCUT2D eigenvalue weighted by molar-refractivity contribution is 5.48. The van der Waals surface area contributed by atoms with Crippen LogP contribution in [0.3, 0.4) is 0 Å². The summed E-state index contributed by atoms with van der Waals surface area (Å²) in [7, 11) is 0. The number of rotatable bonds is 1. The lowest BCUT2D eigenvalue weighted by atomic mass is 10.7. The SMILES string of the molecule is O=C=Nc1[nH]c(=O)[nH]c1O. The Bertz CT molecular complexity index is 330. The van der Waals surface area contributed by atoms with Crippen molar-refractivity contribution in [2.45, 2.75) is 0 Å². The van der Waals surface area contributed by atoms with Gasteiger partial charge in [0.05, 0.1) is 0 Å². The van der Waals surface area contributed by atoms with Crippen LogP contribution >= 0.6 is 0 Å². The summed E-state index contributed by atoms with van der Waals surface area (Å²) in [6.07, 6.45) is 1.16. The Balaban J connectivity index is 3.27. The average molecular weight is 141 g/mol. The van der Waals surface area contributed by atoms with Crippen molar-refractivity contribution < 1.29 is 9.90 Å². The molecule has 1 aromatic heterocycles. The summed E-state index contributed by atoms with van der Waals surface area (Å²) in [5.74, 6) is -0.673. The first-order valence-electron chi connectivity index (χ1n) is 2.33. The molecule has 3 N–H and O–H groups in total. The molecule has 0 atom stereocenters. The van der Waals surface area contributed by atoms with E-state index in [1.807, 2.05) is 4.98 Å². The largest absolute Gasteiger partial charge is 0.492 e. The van der Waals surface area contributed by atoms with Crippen molar-refractivity contribution in [3.05, 3.63) is 10.5 Å². The van der Waals surface area contributed by atoms with Crippen LogP contribution in [0.2, 0.25) is 0 Å². The second-order valence-corrected chi connectivity index (χ2v) is 1.48. The molecule has 10 heavy (non-hydrogen) atoms. The number of aliphatic imine (C=N–C) groups is 1. The Hall–Kier alpha value is -1.81. The first-order valence-corrected chi connectivity index (χ1v) is 2.33. The number of hydrogen-bond acceptors (Lipinski definition) is 4. The number of nitrogens with zero attached hydrogens (tertiary/aromatic N) is 1. The molecule has 0 saturated carbocycles. The summed E-state index contributed by atoms with van der Waals surface area (Å²) in [4.78, 5) is 26.9. The Morgan fingerprint density at radius 1 is 1.50 bits per heavy atom. The van der Waals surface area contributed by atoms with E-state index in [0.717, 1.165) is 6.08 Å². The van der Waals surface area contributed by atoms with E-state index in [1.54, 1.807) is 0 Å². The molecule has 6 nitrogen and oxygen atoms in total. The second-order valence-electron chi connectivity index (χ2n) is 1.48. The number of H-pyrrole nitrogens is 2. The molecular weight excluding hydrogens is 138 g/mol. The Morgan fingerprint density at radius 3 is 2.60 bits per heavy atom. The van der Waals surface area contributed by atoms with E-state index < -0.39 is 11.6 Å². The Labute approximate surface area is 54.2 Å². The molecule has 0 aliphatic carbocycles. The number of aromatic nitrogens is 2. The summed E-state index contributed by atoms with van der Waals surface area (Å²) in [5, 5.41) is 8.70. The predicted octanol–water partition coefficient (Wildman–Crippen LogP) is -0.624. The molecule has 6 heteroatoms. The molecule has 0 bridgehead atoms. The minimum absolute atomic E-state index is 0.208. The Kier molecular flexibility index (Phi) is 1.39. The van der Waals surface area contributed by atoms with Crippen molar-refractivity contribution in [1.82, 2.24) is 9.97 Å². The maximum Gasteiger partial charge on any atom is 0.327 e. The normalized spacial score (nSPS) is 8.80. The smallest absolute Gasteiger partial charge is 0.327 e. The number of nitrogens with one attached hydrogen (secondary N) is 2. The van der Waals surface area contributed by atoms with Gasteiger partial charge in [0.15, 0.2) is 0 Å². The highest BCUT2D eigenvalue weighted by atomic mass is 16.3. The molecular formula is C4H3N3O3. The van der Waals surface area contributed by atoms with Crippen molar-refractivity contribution in [2.75, 3.05) is 0 Å². The number of isocyanates is 1. The van der Waals surface area contributed by atoms with Gasteiger partial charge in [-0.1, -0.05) is 0 Å². The van der Waals surface area contributed by atoms with E-state index >= 15 is 0 Å². The zero-order chi connectivity index (χ0) is 7.56. The van der Waals surface area contributed by atoms with E-state index in [1.165, 1.54) is 0 Å². The zero-order valence-corrected chi connectivity index (χ0v) is 4.71. The molecule has 0 aliphatic heterocycles. The summed E-state index contributed by atoms with van der Waals surface area (Å²) in [5.41, 5.74) is -0.619. The third-order valence-electron chi connectivity index (χ3n) is 0.846. The van der Waals surface area contributed by atoms with Gasteiger partial charge in [0.25, 0.3) is 0 Å². The van der Waals surface area contributed by atoms with Crippen molar-refractivity contribution in [3.8, 4) is 5.88 Å². The molecule has 0 amide bonds. The number of hydrogen-bond donors (Lipinski definition) is 3. The first kappa shape index (κ1) is 6.31. The van der Waals surface area contributed by atoms with Gasteiger partial charge in [-0.2, -0.15) is 0 Å². The van der Waals surface area contributed by atoms with Crippen molar-refractivity contribution in [3.63, 3.8) is 0 Å². The average Bonchev–Trinajstić information content (AvgIpc) is 2.13. The van der Waals surface area contributed by atoms with E-state index in [-0.39, 0.29) is 5.82 Å². The van der Waals surface area contributed by atoms with Crippen LogP contribution < -0.4 is 5.69 Å². The van der Waals surface area contributed by atoms with Crippen molar-refractivity contribution in [2.24, 2.45) is 4.99 Å². The fourth-order valence-corrected chi connectivity index (χ4v) is 0.491. The molecule has 0 radical (unpaired) electrons. The minimum Gasteiger partial charge on any atom is -0.492 e.